The summed E-state index contributed by atoms with van der Waals surface area (Å²) in [6.45, 7) is 1.05. The minimum atomic E-state index is -0.968. The van der Waals surface area contributed by atoms with E-state index in [2.05, 4.69) is 66.7 Å². The van der Waals surface area contributed by atoms with Crippen LogP contribution in [0.5, 0.6) is 0 Å². The minimum absolute atomic E-state index is 0.520. The van der Waals surface area contributed by atoms with Gasteiger partial charge in [-0.25, -0.2) is 0 Å². The molecule has 140 valence electrons. The van der Waals surface area contributed by atoms with E-state index in [9.17, 15) is 0 Å². The lowest BCUT2D eigenvalue weighted by Gasteiger charge is -2.31. The molecule has 0 bridgehead atoms. The van der Waals surface area contributed by atoms with Crippen molar-refractivity contribution in [2.75, 3.05) is 0 Å². The molecule has 2 atom stereocenters. The SMILES string of the molecule is c1ccc2c(c1)COC21OC2(OCc3ccc4ccccc4c32)c2ccccc21. The Morgan fingerprint density at radius 2 is 1.21 bits per heavy atom. The number of hydrogen-bond donors (Lipinski definition) is 0. The number of fused-ring (bicyclic) bond motifs is 9. The van der Waals surface area contributed by atoms with Crippen molar-refractivity contribution in [2.24, 2.45) is 0 Å². The normalized spacial score (nSPS) is 26.2. The fourth-order valence-electron chi connectivity index (χ4n) is 5.27. The second-order valence-electron chi connectivity index (χ2n) is 7.94. The molecule has 29 heavy (non-hydrogen) atoms. The molecule has 4 aromatic carbocycles. The predicted octanol–water partition coefficient (Wildman–Crippen LogP) is 5.33. The lowest BCUT2D eigenvalue weighted by atomic mass is 9.88. The third-order valence-corrected chi connectivity index (χ3v) is 6.50. The summed E-state index contributed by atoms with van der Waals surface area (Å²) in [4.78, 5) is 0. The Morgan fingerprint density at radius 1 is 0.552 bits per heavy atom. The molecule has 0 fully saturated rings. The quantitative estimate of drug-likeness (QED) is 0.414. The third kappa shape index (κ3) is 1.83. The molecule has 0 amide bonds. The van der Waals surface area contributed by atoms with E-state index in [-0.39, 0.29) is 0 Å². The Balaban J connectivity index is 1.56. The van der Waals surface area contributed by atoms with Crippen LogP contribution in [0.1, 0.15) is 33.4 Å². The number of ether oxygens (including phenoxy) is 3. The zero-order chi connectivity index (χ0) is 19.1. The van der Waals surface area contributed by atoms with Crippen LogP contribution in [0.15, 0.2) is 84.9 Å². The van der Waals surface area contributed by atoms with Gasteiger partial charge < -0.3 is 14.2 Å². The van der Waals surface area contributed by atoms with Crippen molar-refractivity contribution in [1.82, 2.24) is 0 Å². The van der Waals surface area contributed by atoms with E-state index < -0.39 is 11.6 Å². The highest BCUT2D eigenvalue weighted by molar-refractivity contribution is 5.88. The molecule has 0 radical (unpaired) electrons. The lowest BCUT2D eigenvalue weighted by molar-refractivity contribution is -0.313. The summed E-state index contributed by atoms with van der Waals surface area (Å²) in [5.41, 5.74) is 6.57. The van der Waals surface area contributed by atoms with E-state index in [0.717, 1.165) is 27.8 Å². The predicted molar refractivity (Wildman–Crippen MR) is 109 cm³/mol. The number of hydrogen-bond acceptors (Lipinski definition) is 3. The van der Waals surface area contributed by atoms with Crippen LogP contribution in [0.2, 0.25) is 0 Å². The largest absolute Gasteiger partial charge is 0.337 e. The van der Waals surface area contributed by atoms with Gasteiger partial charge in [-0.05, 0) is 21.9 Å². The molecule has 4 aromatic rings. The maximum absolute atomic E-state index is 6.95. The van der Waals surface area contributed by atoms with Gasteiger partial charge in [0, 0.05) is 22.3 Å². The highest BCUT2D eigenvalue weighted by Crippen LogP contribution is 2.60. The van der Waals surface area contributed by atoms with Crippen molar-refractivity contribution in [3.8, 4) is 0 Å². The van der Waals surface area contributed by atoms with Crippen LogP contribution in [-0.2, 0) is 39.0 Å². The standard InChI is InChI=1S/C26H18O3/c1-3-9-20-17(7-1)13-14-19-16-28-26(24(19)20)23-12-6-5-11-22(23)25(29-26)21-10-4-2-8-18(21)15-27-25/h1-14H,15-16H2. The average molecular weight is 378 g/mol. The second kappa shape index (κ2) is 5.33. The van der Waals surface area contributed by atoms with Gasteiger partial charge in [0.15, 0.2) is 0 Å². The van der Waals surface area contributed by atoms with E-state index in [1.54, 1.807) is 0 Å². The summed E-state index contributed by atoms with van der Waals surface area (Å²) in [6.07, 6.45) is 0. The van der Waals surface area contributed by atoms with Crippen molar-refractivity contribution in [3.63, 3.8) is 0 Å². The van der Waals surface area contributed by atoms with Gasteiger partial charge in [-0.1, -0.05) is 84.9 Å². The molecule has 3 heteroatoms. The molecule has 0 saturated carbocycles. The average Bonchev–Trinajstić information content (AvgIpc) is 3.43. The molecule has 0 aliphatic carbocycles. The van der Waals surface area contributed by atoms with E-state index in [1.165, 1.54) is 16.3 Å². The fraction of sp³-hybridized carbons (Fsp3) is 0.154. The van der Waals surface area contributed by atoms with E-state index in [4.69, 9.17) is 14.2 Å². The fourth-order valence-corrected chi connectivity index (χ4v) is 5.27. The highest BCUT2D eigenvalue weighted by Gasteiger charge is 2.62. The van der Waals surface area contributed by atoms with E-state index in [1.807, 2.05) is 18.2 Å². The molecule has 3 aliphatic heterocycles. The molecular formula is C26H18O3. The zero-order valence-corrected chi connectivity index (χ0v) is 15.7. The number of rotatable bonds is 0. The van der Waals surface area contributed by atoms with E-state index in [0.29, 0.717) is 13.2 Å². The van der Waals surface area contributed by atoms with E-state index >= 15 is 0 Å². The van der Waals surface area contributed by atoms with Gasteiger partial charge in [0.05, 0.1) is 13.2 Å². The van der Waals surface area contributed by atoms with Crippen LogP contribution in [0.25, 0.3) is 10.8 Å². The van der Waals surface area contributed by atoms with Crippen LogP contribution >= 0.6 is 0 Å². The van der Waals surface area contributed by atoms with Crippen molar-refractivity contribution >= 4 is 10.8 Å². The van der Waals surface area contributed by atoms with Gasteiger partial charge in [-0.3, -0.25) is 0 Å². The monoisotopic (exact) mass is 378 g/mol. The van der Waals surface area contributed by atoms with Crippen molar-refractivity contribution in [1.29, 1.82) is 0 Å². The Morgan fingerprint density at radius 3 is 2.10 bits per heavy atom. The van der Waals surface area contributed by atoms with Gasteiger partial charge >= 0.3 is 0 Å². The first-order valence-electron chi connectivity index (χ1n) is 9.99. The summed E-state index contributed by atoms with van der Waals surface area (Å²) in [5, 5.41) is 2.35. The van der Waals surface area contributed by atoms with Crippen molar-refractivity contribution < 1.29 is 14.2 Å². The molecule has 2 unspecified atom stereocenters. The summed E-state index contributed by atoms with van der Waals surface area (Å²) in [7, 11) is 0. The Bertz CT molecular complexity index is 1310. The smallest absolute Gasteiger partial charge is 0.227 e. The molecule has 3 heterocycles. The summed E-state index contributed by atoms with van der Waals surface area (Å²) in [6, 6.07) is 29.4. The lowest BCUT2D eigenvalue weighted by Crippen LogP contribution is -2.34. The van der Waals surface area contributed by atoms with Crippen molar-refractivity contribution in [2.45, 2.75) is 24.8 Å². The topological polar surface area (TPSA) is 27.7 Å². The molecule has 3 nitrogen and oxygen atoms in total. The van der Waals surface area contributed by atoms with Crippen LogP contribution < -0.4 is 0 Å². The van der Waals surface area contributed by atoms with Gasteiger partial charge in [-0.15, -0.1) is 0 Å². The highest BCUT2D eigenvalue weighted by atomic mass is 16.8. The Labute approximate surface area is 168 Å². The molecular weight excluding hydrogens is 360 g/mol. The van der Waals surface area contributed by atoms with Gasteiger partial charge in [0.2, 0.25) is 11.6 Å². The first-order chi connectivity index (χ1) is 14.3. The van der Waals surface area contributed by atoms with Gasteiger partial charge in [-0.2, -0.15) is 0 Å². The van der Waals surface area contributed by atoms with Crippen molar-refractivity contribution in [3.05, 3.63) is 118 Å². The number of benzene rings is 4. The zero-order valence-electron chi connectivity index (χ0n) is 15.7. The van der Waals surface area contributed by atoms with Crippen LogP contribution in [0.4, 0.5) is 0 Å². The summed E-state index contributed by atoms with van der Waals surface area (Å²) in [5.74, 6) is -1.91. The summed E-state index contributed by atoms with van der Waals surface area (Å²) < 4.78 is 19.9. The van der Waals surface area contributed by atoms with Gasteiger partial charge in [0.25, 0.3) is 0 Å². The molecule has 0 saturated heterocycles. The maximum Gasteiger partial charge on any atom is 0.227 e. The van der Waals surface area contributed by atoms with Crippen LogP contribution in [-0.4, -0.2) is 0 Å². The second-order valence-corrected chi connectivity index (χ2v) is 7.94. The first kappa shape index (κ1) is 15.9. The van der Waals surface area contributed by atoms with Crippen LogP contribution in [0.3, 0.4) is 0 Å². The third-order valence-electron chi connectivity index (χ3n) is 6.50. The Hall–Kier alpha value is -2.98. The first-order valence-corrected chi connectivity index (χ1v) is 9.99. The maximum atomic E-state index is 6.95. The van der Waals surface area contributed by atoms with Crippen LogP contribution in [0, 0.1) is 0 Å². The molecule has 7 rings (SSSR count). The Kier molecular flexibility index (Phi) is 2.92. The summed E-state index contributed by atoms with van der Waals surface area (Å²) >= 11 is 0. The molecule has 3 aliphatic rings. The molecule has 2 spiro atoms. The molecule has 0 aromatic heterocycles. The van der Waals surface area contributed by atoms with Gasteiger partial charge in [0.1, 0.15) is 0 Å². The molecule has 0 N–H and O–H groups in total. The minimum Gasteiger partial charge on any atom is -0.337 e.